The standard InChI is InChI=1S/C13H16N4O2S/c14-9-4-2-8(3-5-9)11-10(12(15)19)13(20-17-11)16-6-1-7-18/h2-5,16,18H,1,6-7,14H2,(H2,15,19). The summed E-state index contributed by atoms with van der Waals surface area (Å²) < 4.78 is 4.29. The quantitative estimate of drug-likeness (QED) is 0.473. The van der Waals surface area contributed by atoms with Gasteiger partial charge in [-0.05, 0) is 30.1 Å². The lowest BCUT2D eigenvalue weighted by Gasteiger charge is -2.05. The molecule has 0 spiro atoms. The number of rotatable bonds is 6. The summed E-state index contributed by atoms with van der Waals surface area (Å²) in [6, 6.07) is 7.10. The molecule has 2 rings (SSSR count). The molecule has 0 unspecified atom stereocenters. The van der Waals surface area contributed by atoms with Crippen LogP contribution < -0.4 is 16.8 Å². The van der Waals surface area contributed by atoms with Crippen LogP contribution in [0.3, 0.4) is 0 Å². The number of hydrogen-bond acceptors (Lipinski definition) is 6. The molecule has 0 saturated heterocycles. The number of aliphatic hydroxyl groups is 1. The van der Waals surface area contributed by atoms with Crippen LogP contribution in [0.1, 0.15) is 16.8 Å². The molecule has 0 fully saturated rings. The Morgan fingerprint density at radius 3 is 2.65 bits per heavy atom. The van der Waals surface area contributed by atoms with E-state index in [1.165, 1.54) is 11.5 Å². The first-order valence-electron chi connectivity index (χ1n) is 6.13. The summed E-state index contributed by atoms with van der Waals surface area (Å²) in [7, 11) is 0. The van der Waals surface area contributed by atoms with Gasteiger partial charge in [0.25, 0.3) is 5.91 Å². The van der Waals surface area contributed by atoms with E-state index in [1.54, 1.807) is 24.3 Å². The molecule has 0 saturated carbocycles. The summed E-state index contributed by atoms with van der Waals surface area (Å²) in [5, 5.41) is 12.5. The topological polar surface area (TPSA) is 114 Å². The van der Waals surface area contributed by atoms with Gasteiger partial charge >= 0.3 is 0 Å². The minimum absolute atomic E-state index is 0.0858. The van der Waals surface area contributed by atoms with Crippen molar-refractivity contribution in [1.29, 1.82) is 0 Å². The molecule has 0 aliphatic rings. The first kappa shape index (κ1) is 14.3. The molecule has 106 valence electrons. The van der Waals surface area contributed by atoms with Gasteiger partial charge in [-0.2, -0.15) is 4.37 Å². The van der Waals surface area contributed by atoms with Crippen molar-refractivity contribution in [2.75, 3.05) is 24.2 Å². The van der Waals surface area contributed by atoms with Crippen molar-refractivity contribution in [1.82, 2.24) is 4.37 Å². The highest BCUT2D eigenvalue weighted by Gasteiger charge is 2.19. The van der Waals surface area contributed by atoms with Gasteiger partial charge < -0.3 is 21.9 Å². The predicted molar refractivity (Wildman–Crippen MR) is 80.7 cm³/mol. The molecule has 6 nitrogen and oxygen atoms in total. The van der Waals surface area contributed by atoms with Crippen molar-refractivity contribution in [3.05, 3.63) is 29.8 Å². The van der Waals surface area contributed by atoms with Gasteiger partial charge in [0.1, 0.15) is 10.6 Å². The SMILES string of the molecule is NC(=O)c1c(-c2ccc(N)cc2)nsc1NCCCO. The fraction of sp³-hybridized carbons (Fsp3) is 0.231. The maximum absolute atomic E-state index is 11.7. The van der Waals surface area contributed by atoms with E-state index in [4.69, 9.17) is 16.6 Å². The summed E-state index contributed by atoms with van der Waals surface area (Å²) >= 11 is 1.18. The van der Waals surface area contributed by atoms with Gasteiger partial charge in [0, 0.05) is 24.4 Å². The van der Waals surface area contributed by atoms with Gasteiger partial charge in [-0.1, -0.05) is 12.1 Å². The first-order valence-corrected chi connectivity index (χ1v) is 6.91. The molecule has 20 heavy (non-hydrogen) atoms. The Kier molecular flexibility index (Phi) is 4.54. The number of nitrogens with two attached hydrogens (primary N) is 2. The first-order chi connectivity index (χ1) is 9.63. The summed E-state index contributed by atoms with van der Waals surface area (Å²) in [6.07, 6.45) is 0.591. The molecule has 6 N–H and O–H groups in total. The number of nitrogen functional groups attached to an aromatic ring is 1. The van der Waals surface area contributed by atoms with Crippen LogP contribution >= 0.6 is 11.5 Å². The fourth-order valence-corrected chi connectivity index (χ4v) is 2.59. The molecular weight excluding hydrogens is 276 g/mol. The Labute approximate surface area is 120 Å². The number of primary amides is 1. The Bertz CT molecular complexity index is 595. The van der Waals surface area contributed by atoms with Crippen molar-refractivity contribution in [2.24, 2.45) is 5.73 Å². The number of carbonyl (C=O) groups is 1. The van der Waals surface area contributed by atoms with E-state index >= 15 is 0 Å². The summed E-state index contributed by atoms with van der Waals surface area (Å²) in [4.78, 5) is 11.7. The molecule has 0 bridgehead atoms. The Hall–Kier alpha value is -2.12. The molecule has 7 heteroatoms. The summed E-state index contributed by atoms with van der Waals surface area (Å²) in [5.41, 5.74) is 13.4. The molecule has 1 amide bonds. The molecule has 1 aromatic carbocycles. The summed E-state index contributed by atoms with van der Waals surface area (Å²) in [6.45, 7) is 0.642. The predicted octanol–water partition coefficient (Wildman–Crippen LogP) is 1.29. The molecule has 0 aliphatic heterocycles. The number of amides is 1. The van der Waals surface area contributed by atoms with E-state index in [0.29, 0.717) is 34.9 Å². The highest BCUT2D eigenvalue weighted by molar-refractivity contribution is 7.11. The summed E-state index contributed by atoms with van der Waals surface area (Å²) in [5.74, 6) is -0.530. The lowest BCUT2D eigenvalue weighted by Crippen LogP contribution is -2.14. The van der Waals surface area contributed by atoms with E-state index in [0.717, 1.165) is 5.56 Å². The number of aromatic nitrogens is 1. The van der Waals surface area contributed by atoms with Crippen molar-refractivity contribution in [2.45, 2.75) is 6.42 Å². The van der Waals surface area contributed by atoms with Gasteiger partial charge in [0.15, 0.2) is 0 Å². The van der Waals surface area contributed by atoms with Crippen LogP contribution in [0.2, 0.25) is 0 Å². The van der Waals surface area contributed by atoms with Gasteiger partial charge in [-0.25, -0.2) is 0 Å². The highest BCUT2D eigenvalue weighted by atomic mass is 32.1. The molecule has 1 aromatic heterocycles. The van der Waals surface area contributed by atoms with Crippen LogP contribution in [-0.4, -0.2) is 28.5 Å². The monoisotopic (exact) mass is 292 g/mol. The van der Waals surface area contributed by atoms with E-state index in [9.17, 15) is 4.79 Å². The van der Waals surface area contributed by atoms with E-state index in [2.05, 4.69) is 9.69 Å². The number of nitrogens with one attached hydrogen (secondary N) is 1. The van der Waals surface area contributed by atoms with Crippen molar-refractivity contribution in [3.8, 4) is 11.3 Å². The smallest absolute Gasteiger partial charge is 0.253 e. The van der Waals surface area contributed by atoms with Crippen molar-refractivity contribution in [3.63, 3.8) is 0 Å². The molecule has 0 radical (unpaired) electrons. The zero-order valence-corrected chi connectivity index (χ0v) is 11.6. The average molecular weight is 292 g/mol. The highest BCUT2D eigenvalue weighted by Crippen LogP contribution is 2.32. The second-order valence-electron chi connectivity index (χ2n) is 4.23. The van der Waals surface area contributed by atoms with E-state index < -0.39 is 5.91 Å². The van der Waals surface area contributed by atoms with Crippen molar-refractivity contribution >= 4 is 28.1 Å². The zero-order chi connectivity index (χ0) is 14.5. The Morgan fingerprint density at radius 2 is 2.05 bits per heavy atom. The molecule has 0 atom stereocenters. The van der Waals surface area contributed by atoms with E-state index in [-0.39, 0.29) is 6.61 Å². The second kappa shape index (κ2) is 6.36. The number of anilines is 2. The number of carbonyl (C=O) groups excluding carboxylic acids is 1. The number of hydrogen-bond donors (Lipinski definition) is 4. The van der Waals surface area contributed by atoms with Crippen LogP contribution in [0.5, 0.6) is 0 Å². The minimum atomic E-state index is -0.530. The zero-order valence-electron chi connectivity index (χ0n) is 10.8. The van der Waals surface area contributed by atoms with Gasteiger partial charge in [0.05, 0.1) is 5.69 Å². The van der Waals surface area contributed by atoms with Crippen LogP contribution in [-0.2, 0) is 0 Å². The van der Waals surface area contributed by atoms with E-state index in [1.807, 2.05) is 0 Å². The van der Waals surface area contributed by atoms with Gasteiger partial charge in [-0.3, -0.25) is 4.79 Å². The normalized spacial score (nSPS) is 10.4. The Balaban J connectivity index is 2.33. The van der Waals surface area contributed by atoms with Crippen molar-refractivity contribution < 1.29 is 9.90 Å². The lowest BCUT2D eigenvalue weighted by molar-refractivity contribution is 0.100. The number of nitrogens with zero attached hydrogens (tertiary/aromatic N) is 1. The van der Waals surface area contributed by atoms with Crippen LogP contribution in [0.15, 0.2) is 24.3 Å². The van der Waals surface area contributed by atoms with Crippen LogP contribution in [0, 0.1) is 0 Å². The lowest BCUT2D eigenvalue weighted by atomic mass is 10.1. The van der Waals surface area contributed by atoms with Crippen LogP contribution in [0.25, 0.3) is 11.3 Å². The molecular formula is C13H16N4O2S. The number of benzene rings is 1. The second-order valence-corrected chi connectivity index (χ2v) is 5.00. The third-order valence-electron chi connectivity index (χ3n) is 2.74. The van der Waals surface area contributed by atoms with Crippen LogP contribution in [0.4, 0.5) is 10.7 Å². The Morgan fingerprint density at radius 1 is 1.35 bits per heavy atom. The van der Waals surface area contributed by atoms with Gasteiger partial charge in [-0.15, -0.1) is 0 Å². The molecule has 2 aromatic rings. The number of aliphatic hydroxyl groups excluding tert-OH is 1. The minimum Gasteiger partial charge on any atom is -0.399 e. The molecule has 1 heterocycles. The molecule has 0 aliphatic carbocycles. The third-order valence-corrected chi connectivity index (χ3v) is 3.55. The fourth-order valence-electron chi connectivity index (χ4n) is 1.76. The third kappa shape index (κ3) is 3.06. The average Bonchev–Trinajstić information content (AvgIpc) is 2.84. The maximum Gasteiger partial charge on any atom is 0.253 e. The van der Waals surface area contributed by atoms with Gasteiger partial charge in [0.2, 0.25) is 0 Å². The largest absolute Gasteiger partial charge is 0.399 e. The maximum atomic E-state index is 11.7.